The molecular formula is C15H13N3O3S. The van der Waals surface area contributed by atoms with E-state index >= 15 is 0 Å². The number of benzene rings is 1. The Hall–Kier alpha value is -2.54. The first kappa shape index (κ1) is 14.4. The Balaban J connectivity index is 1.75. The van der Waals surface area contributed by atoms with Gasteiger partial charge in [0.05, 0.1) is 18.4 Å². The predicted molar refractivity (Wildman–Crippen MR) is 81.2 cm³/mol. The summed E-state index contributed by atoms with van der Waals surface area (Å²) < 4.78 is 11.3. The molecule has 2 heterocycles. The summed E-state index contributed by atoms with van der Waals surface area (Å²) in [5.41, 5.74) is 0.767. The second kappa shape index (κ2) is 6.48. The molecule has 112 valence electrons. The summed E-state index contributed by atoms with van der Waals surface area (Å²) in [5.74, 6) is 2.03. The van der Waals surface area contributed by atoms with E-state index in [2.05, 4.69) is 10.1 Å². The van der Waals surface area contributed by atoms with Gasteiger partial charge in [-0.15, -0.1) is 0 Å². The molecule has 0 N–H and O–H groups in total. The quantitative estimate of drug-likeness (QED) is 0.409. The molecule has 3 aromatic rings. The highest BCUT2D eigenvalue weighted by molar-refractivity contribution is 7.98. The number of hydrogen-bond acceptors (Lipinski definition) is 6. The largest absolute Gasteiger partial charge is 0.618 e. The van der Waals surface area contributed by atoms with Crippen LogP contribution < -0.4 is 9.47 Å². The summed E-state index contributed by atoms with van der Waals surface area (Å²) in [5, 5.41) is 16.1. The van der Waals surface area contributed by atoms with Crippen LogP contribution in [0.4, 0.5) is 0 Å². The van der Waals surface area contributed by atoms with Crippen LogP contribution in [-0.4, -0.2) is 17.3 Å². The van der Waals surface area contributed by atoms with E-state index in [0.29, 0.717) is 28.2 Å². The van der Waals surface area contributed by atoms with Crippen LogP contribution in [0.15, 0.2) is 58.2 Å². The summed E-state index contributed by atoms with van der Waals surface area (Å²) in [7, 11) is 1.60. The van der Waals surface area contributed by atoms with Gasteiger partial charge in [0.2, 0.25) is 11.7 Å². The van der Waals surface area contributed by atoms with Crippen LogP contribution in [-0.2, 0) is 5.75 Å². The van der Waals surface area contributed by atoms with Gasteiger partial charge in [0.25, 0.3) is 5.03 Å². The number of pyridine rings is 1. The Morgan fingerprint density at radius 3 is 2.86 bits per heavy atom. The van der Waals surface area contributed by atoms with Crippen molar-refractivity contribution < 1.29 is 14.0 Å². The van der Waals surface area contributed by atoms with Crippen LogP contribution in [0.5, 0.6) is 5.75 Å². The fourth-order valence-electron chi connectivity index (χ4n) is 1.91. The van der Waals surface area contributed by atoms with E-state index in [9.17, 15) is 5.21 Å². The highest BCUT2D eigenvalue weighted by Crippen LogP contribution is 2.28. The number of aromatic nitrogens is 3. The maximum Gasteiger partial charge on any atom is 0.251 e. The lowest BCUT2D eigenvalue weighted by Crippen LogP contribution is -2.27. The molecule has 0 aliphatic heterocycles. The monoisotopic (exact) mass is 315 g/mol. The molecule has 2 aromatic heterocycles. The van der Waals surface area contributed by atoms with Crippen molar-refractivity contribution in [1.29, 1.82) is 0 Å². The topological polar surface area (TPSA) is 75.1 Å². The van der Waals surface area contributed by atoms with Crippen molar-refractivity contribution in [2.24, 2.45) is 0 Å². The number of hydrogen-bond donors (Lipinski definition) is 0. The fourth-order valence-corrected chi connectivity index (χ4v) is 2.66. The molecule has 22 heavy (non-hydrogen) atoms. The van der Waals surface area contributed by atoms with Gasteiger partial charge in [0, 0.05) is 12.1 Å². The van der Waals surface area contributed by atoms with E-state index in [1.807, 2.05) is 30.3 Å². The third kappa shape index (κ3) is 3.04. The molecule has 0 radical (unpaired) electrons. The van der Waals surface area contributed by atoms with Gasteiger partial charge in [-0.25, -0.2) is 0 Å². The normalized spacial score (nSPS) is 10.6. The van der Waals surface area contributed by atoms with Gasteiger partial charge >= 0.3 is 0 Å². The van der Waals surface area contributed by atoms with Crippen molar-refractivity contribution in [1.82, 2.24) is 10.1 Å². The van der Waals surface area contributed by atoms with Crippen LogP contribution in [0, 0.1) is 5.21 Å². The fraction of sp³-hybridized carbons (Fsp3) is 0.133. The number of thioether (sulfide) groups is 1. The molecule has 0 unspecified atom stereocenters. The molecule has 7 heteroatoms. The Bertz CT molecular complexity index is 776. The molecule has 0 bridgehead atoms. The molecule has 0 aliphatic rings. The lowest BCUT2D eigenvalue weighted by Gasteiger charge is -2.03. The van der Waals surface area contributed by atoms with Crippen LogP contribution in [0.1, 0.15) is 5.89 Å². The van der Waals surface area contributed by atoms with Crippen LogP contribution in [0.3, 0.4) is 0 Å². The highest BCUT2D eigenvalue weighted by Gasteiger charge is 2.14. The van der Waals surface area contributed by atoms with Gasteiger partial charge in [-0.1, -0.05) is 17.3 Å². The number of ether oxygens (including phenoxy) is 1. The Morgan fingerprint density at radius 1 is 1.23 bits per heavy atom. The molecule has 0 fully saturated rings. The number of para-hydroxylation sites is 1. The molecule has 3 rings (SSSR count). The summed E-state index contributed by atoms with van der Waals surface area (Å²) >= 11 is 1.34. The zero-order chi connectivity index (χ0) is 15.4. The van der Waals surface area contributed by atoms with Crippen molar-refractivity contribution in [3.8, 4) is 17.1 Å². The molecule has 1 aromatic carbocycles. The third-order valence-electron chi connectivity index (χ3n) is 2.95. The van der Waals surface area contributed by atoms with Crippen molar-refractivity contribution >= 4 is 11.8 Å². The standard InChI is InChI=1S/C15H13N3O3S/c1-20-12-7-3-2-6-11(12)15-16-13(21-17-15)10-22-14-8-4-5-9-18(14)19/h2-9H,10H2,1H3. The molecule has 0 aliphatic carbocycles. The molecular weight excluding hydrogens is 302 g/mol. The van der Waals surface area contributed by atoms with E-state index < -0.39 is 0 Å². The minimum atomic E-state index is 0.425. The van der Waals surface area contributed by atoms with Gasteiger partial charge in [0.15, 0.2) is 6.20 Å². The molecule has 0 spiro atoms. The van der Waals surface area contributed by atoms with E-state index in [0.717, 1.165) is 10.3 Å². The maximum atomic E-state index is 11.6. The maximum absolute atomic E-state index is 11.6. The second-order valence-electron chi connectivity index (χ2n) is 4.37. The molecule has 0 amide bonds. The van der Waals surface area contributed by atoms with E-state index in [-0.39, 0.29) is 0 Å². The molecule has 6 nitrogen and oxygen atoms in total. The average molecular weight is 315 g/mol. The molecule has 0 atom stereocenters. The smallest absolute Gasteiger partial charge is 0.251 e. The van der Waals surface area contributed by atoms with Crippen molar-refractivity contribution in [3.63, 3.8) is 0 Å². The lowest BCUT2D eigenvalue weighted by atomic mass is 10.2. The van der Waals surface area contributed by atoms with Crippen molar-refractivity contribution in [3.05, 3.63) is 59.8 Å². The van der Waals surface area contributed by atoms with Gasteiger partial charge in [-0.2, -0.15) is 9.71 Å². The number of nitrogens with zero attached hydrogens (tertiary/aromatic N) is 3. The highest BCUT2D eigenvalue weighted by atomic mass is 32.2. The van der Waals surface area contributed by atoms with Crippen molar-refractivity contribution in [2.75, 3.05) is 7.11 Å². The first-order valence-corrected chi connectivity index (χ1v) is 7.53. The van der Waals surface area contributed by atoms with Gasteiger partial charge in [-0.05, 0) is 30.0 Å². The van der Waals surface area contributed by atoms with Crippen LogP contribution in [0.25, 0.3) is 11.4 Å². The van der Waals surface area contributed by atoms with Gasteiger partial charge in [0.1, 0.15) is 5.75 Å². The zero-order valence-electron chi connectivity index (χ0n) is 11.8. The Kier molecular flexibility index (Phi) is 4.24. The Labute approximate surface area is 131 Å². The van der Waals surface area contributed by atoms with Crippen molar-refractivity contribution in [2.45, 2.75) is 10.8 Å². The minimum Gasteiger partial charge on any atom is -0.618 e. The van der Waals surface area contributed by atoms with Gasteiger partial charge < -0.3 is 14.5 Å². The molecule has 0 saturated carbocycles. The number of methoxy groups -OCH3 is 1. The van der Waals surface area contributed by atoms with Crippen LogP contribution >= 0.6 is 11.8 Å². The van der Waals surface area contributed by atoms with E-state index in [4.69, 9.17) is 9.26 Å². The predicted octanol–water partition coefficient (Wildman–Crippen LogP) is 2.67. The second-order valence-corrected chi connectivity index (χ2v) is 5.36. The first-order chi connectivity index (χ1) is 10.8. The lowest BCUT2D eigenvalue weighted by molar-refractivity contribution is -0.645. The first-order valence-electron chi connectivity index (χ1n) is 6.55. The Morgan fingerprint density at radius 2 is 2.05 bits per heavy atom. The van der Waals surface area contributed by atoms with Gasteiger partial charge in [-0.3, -0.25) is 0 Å². The van der Waals surface area contributed by atoms with E-state index in [1.54, 1.807) is 19.2 Å². The zero-order valence-corrected chi connectivity index (χ0v) is 12.6. The average Bonchev–Trinajstić information content (AvgIpc) is 3.03. The van der Waals surface area contributed by atoms with E-state index in [1.165, 1.54) is 18.0 Å². The summed E-state index contributed by atoms with van der Waals surface area (Å²) in [6.45, 7) is 0. The molecule has 0 saturated heterocycles. The summed E-state index contributed by atoms with van der Waals surface area (Å²) in [4.78, 5) is 4.34. The third-order valence-corrected chi connectivity index (χ3v) is 3.95. The minimum absolute atomic E-state index is 0.425. The SMILES string of the molecule is COc1ccccc1-c1noc(CSc2cccc[n+]2[O-])n1. The summed E-state index contributed by atoms with van der Waals surface area (Å²) in [6.07, 6.45) is 1.45. The number of rotatable bonds is 5. The summed E-state index contributed by atoms with van der Waals surface area (Å²) in [6, 6.07) is 12.7. The van der Waals surface area contributed by atoms with Crippen LogP contribution in [0.2, 0.25) is 0 Å².